The standard InChI is InChI=1S/C18H14ClFN2O3S/c1-9-14-16(21-13-6-3-7-22(13)17(14)23)26-15(9)18(24)25-8-10-11(19)4-2-5-12(10)20/h2,4-5H,3,6-8H2,1H3. The minimum absolute atomic E-state index is 0.118. The molecule has 1 aliphatic rings. The second kappa shape index (κ2) is 6.48. The molecule has 4 rings (SSSR count). The summed E-state index contributed by atoms with van der Waals surface area (Å²) in [5.74, 6) is -0.397. The van der Waals surface area contributed by atoms with Crippen LogP contribution in [-0.2, 0) is 24.3 Å². The smallest absolute Gasteiger partial charge is 0.349 e. The SMILES string of the molecule is Cc1c(C(=O)OCc2c(F)cccc2Cl)sc2nc3n(c(=O)c12)CCC3. The molecule has 0 radical (unpaired) electrons. The Kier molecular flexibility index (Phi) is 4.28. The van der Waals surface area contributed by atoms with Gasteiger partial charge in [0.15, 0.2) is 0 Å². The van der Waals surface area contributed by atoms with Gasteiger partial charge in [0.25, 0.3) is 5.56 Å². The number of benzene rings is 1. The van der Waals surface area contributed by atoms with Crippen LogP contribution in [0.15, 0.2) is 23.0 Å². The van der Waals surface area contributed by atoms with Crippen molar-refractivity contribution in [1.29, 1.82) is 0 Å². The highest BCUT2D eigenvalue weighted by Gasteiger charge is 2.24. The first-order valence-electron chi connectivity index (χ1n) is 8.10. The van der Waals surface area contributed by atoms with E-state index in [1.165, 1.54) is 18.2 Å². The number of thiophene rings is 1. The van der Waals surface area contributed by atoms with Gasteiger partial charge in [-0.05, 0) is 31.0 Å². The summed E-state index contributed by atoms with van der Waals surface area (Å²) in [5.41, 5.74) is 0.556. The number of aromatic nitrogens is 2. The van der Waals surface area contributed by atoms with E-state index in [2.05, 4.69) is 4.98 Å². The van der Waals surface area contributed by atoms with Crippen molar-refractivity contribution in [3.8, 4) is 0 Å². The molecule has 0 fully saturated rings. The first kappa shape index (κ1) is 17.2. The minimum atomic E-state index is -0.616. The van der Waals surface area contributed by atoms with E-state index in [0.29, 0.717) is 27.2 Å². The molecule has 0 N–H and O–H groups in total. The van der Waals surface area contributed by atoms with Crippen LogP contribution in [0, 0.1) is 12.7 Å². The maximum Gasteiger partial charge on any atom is 0.349 e. The molecule has 0 aliphatic carbocycles. The van der Waals surface area contributed by atoms with Gasteiger partial charge < -0.3 is 4.74 Å². The summed E-state index contributed by atoms with van der Waals surface area (Å²) < 4.78 is 20.7. The summed E-state index contributed by atoms with van der Waals surface area (Å²) >= 11 is 7.08. The van der Waals surface area contributed by atoms with E-state index < -0.39 is 11.8 Å². The zero-order valence-corrected chi connectivity index (χ0v) is 15.4. The number of nitrogens with zero attached hydrogens (tertiary/aromatic N) is 2. The number of carbonyl (C=O) groups excluding carboxylic acids is 1. The van der Waals surface area contributed by atoms with E-state index in [1.54, 1.807) is 11.5 Å². The Balaban J connectivity index is 1.67. The van der Waals surface area contributed by atoms with Crippen LogP contribution in [0.1, 0.15) is 33.0 Å². The highest BCUT2D eigenvalue weighted by atomic mass is 35.5. The lowest BCUT2D eigenvalue weighted by atomic mass is 10.2. The average molecular weight is 393 g/mol. The molecule has 3 heterocycles. The summed E-state index contributed by atoms with van der Waals surface area (Å²) in [6, 6.07) is 4.27. The zero-order valence-electron chi connectivity index (χ0n) is 13.8. The Morgan fingerprint density at radius 1 is 1.46 bits per heavy atom. The molecule has 0 spiro atoms. The van der Waals surface area contributed by atoms with Gasteiger partial charge in [-0.3, -0.25) is 9.36 Å². The first-order chi connectivity index (χ1) is 12.5. The van der Waals surface area contributed by atoms with Gasteiger partial charge in [-0.15, -0.1) is 11.3 Å². The lowest BCUT2D eigenvalue weighted by Gasteiger charge is -2.07. The first-order valence-corrected chi connectivity index (χ1v) is 9.29. The third kappa shape index (κ3) is 2.71. The van der Waals surface area contributed by atoms with Crippen LogP contribution in [-0.4, -0.2) is 15.5 Å². The molecular weight excluding hydrogens is 379 g/mol. The second-order valence-electron chi connectivity index (χ2n) is 6.10. The molecule has 3 aromatic rings. The molecule has 0 amide bonds. The number of fused-ring (bicyclic) bond motifs is 2. The molecule has 134 valence electrons. The monoisotopic (exact) mass is 392 g/mol. The number of rotatable bonds is 3. The van der Waals surface area contributed by atoms with Crippen molar-refractivity contribution in [3.63, 3.8) is 0 Å². The van der Waals surface area contributed by atoms with Crippen LogP contribution in [0.5, 0.6) is 0 Å². The van der Waals surface area contributed by atoms with Crippen LogP contribution in [0.3, 0.4) is 0 Å². The van der Waals surface area contributed by atoms with E-state index >= 15 is 0 Å². The van der Waals surface area contributed by atoms with Crippen molar-refractivity contribution in [2.45, 2.75) is 32.9 Å². The number of ether oxygens (including phenoxy) is 1. The van der Waals surface area contributed by atoms with E-state index in [9.17, 15) is 14.0 Å². The van der Waals surface area contributed by atoms with Gasteiger partial charge in [0.1, 0.15) is 28.0 Å². The lowest BCUT2D eigenvalue weighted by Crippen LogP contribution is -2.20. The highest BCUT2D eigenvalue weighted by Crippen LogP contribution is 2.30. The molecule has 0 atom stereocenters. The molecule has 8 heteroatoms. The number of hydrogen-bond donors (Lipinski definition) is 0. The number of halogens is 2. The van der Waals surface area contributed by atoms with Crippen LogP contribution in [0.2, 0.25) is 5.02 Å². The Morgan fingerprint density at radius 3 is 3.04 bits per heavy atom. The van der Waals surface area contributed by atoms with Crippen LogP contribution in [0.25, 0.3) is 10.2 Å². The quantitative estimate of drug-likeness (QED) is 0.635. The maximum atomic E-state index is 13.8. The Hall–Kier alpha value is -2.25. The summed E-state index contributed by atoms with van der Waals surface area (Å²) in [6.07, 6.45) is 1.66. The van der Waals surface area contributed by atoms with Gasteiger partial charge in [0.05, 0.1) is 10.4 Å². The molecule has 0 bridgehead atoms. The fourth-order valence-corrected chi connectivity index (χ4v) is 4.45. The van der Waals surface area contributed by atoms with Gasteiger partial charge >= 0.3 is 5.97 Å². The van der Waals surface area contributed by atoms with Gasteiger partial charge in [-0.2, -0.15) is 0 Å². The van der Waals surface area contributed by atoms with Crippen molar-refractivity contribution in [1.82, 2.24) is 9.55 Å². The summed E-state index contributed by atoms with van der Waals surface area (Å²) in [5, 5.41) is 0.652. The highest BCUT2D eigenvalue weighted by molar-refractivity contribution is 7.20. The zero-order chi connectivity index (χ0) is 18.4. The Bertz CT molecular complexity index is 1090. The molecule has 1 aliphatic heterocycles. The molecule has 26 heavy (non-hydrogen) atoms. The van der Waals surface area contributed by atoms with Crippen molar-refractivity contribution in [2.24, 2.45) is 0 Å². The predicted octanol–water partition coefficient (Wildman–Crippen LogP) is 3.86. The van der Waals surface area contributed by atoms with Crippen LogP contribution < -0.4 is 5.56 Å². The van der Waals surface area contributed by atoms with Gasteiger partial charge in [-0.25, -0.2) is 14.2 Å². The summed E-state index contributed by atoms with van der Waals surface area (Å²) in [4.78, 5) is 30.5. The Morgan fingerprint density at radius 2 is 2.27 bits per heavy atom. The van der Waals surface area contributed by atoms with E-state index in [1.807, 2.05) is 0 Å². The lowest BCUT2D eigenvalue weighted by molar-refractivity contribution is 0.0474. The minimum Gasteiger partial charge on any atom is -0.456 e. The van der Waals surface area contributed by atoms with Crippen molar-refractivity contribution in [2.75, 3.05) is 0 Å². The van der Waals surface area contributed by atoms with Crippen molar-refractivity contribution >= 4 is 39.1 Å². The van der Waals surface area contributed by atoms with Gasteiger partial charge in [-0.1, -0.05) is 17.7 Å². The molecule has 0 unspecified atom stereocenters. The molecule has 0 saturated heterocycles. The number of hydrogen-bond acceptors (Lipinski definition) is 5. The second-order valence-corrected chi connectivity index (χ2v) is 7.51. The third-order valence-electron chi connectivity index (χ3n) is 4.51. The van der Waals surface area contributed by atoms with Crippen molar-refractivity contribution < 1.29 is 13.9 Å². The predicted molar refractivity (Wildman–Crippen MR) is 97.5 cm³/mol. The van der Waals surface area contributed by atoms with Gasteiger partial charge in [0.2, 0.25) is 0 Å². The fraction of sp³-hybridized carbons (Fsp3) is 0.278. The summed E-state index contributed by atoms with van der Waals surface area (Å²) in [7, 11) is 0. The van der Waals surface area contributed by atoms with Crippen LogP contribution >= 0.6 is 22.9 Å². The summed E-state index contributed by atoms with van der Waals surface area (Å²) in [6.45, 7) is 2.08. The molecule has 1 aromatic carbocycles. The number of carbonyl (C=O) groups is 1. The Labute approximate surface area is 157 Å². The number of esters is 1. The third-order valence-corrected chi connectivity index (χ3v) is 6.03. The van der Waals surface area contributed by atoms with E-state index in [-0.39, 0.29) is 22.8 Å². The van der Waals surface area contributed by atoms with Crippen molar-refractivity contribution in [3.05, 3.63) is 61.2 Å². The molecule has 0 saturated carbocycles. The maximum absolute atomic E-state index is 13.8. The van der Waals surface area contributed by atoms with Crippen LogP contribution in [0.4, 0.5) is 4.39 Å². The average Bonchev–Trinajstić information content (AvgIpc) is 3.19. The normalized spacial score (nSPS) is 13.2. The van der Waals surface area contributed by atoms with Gasteiger partial charge in [0, 0.05) is 18.5 Å². The van der Waals surface area contributed by atoms with E-state index in [4.69, 9.17) is 16.3 Å². The molecule has 2 aromatic heterocycles. The molecule has 5 nitrogen and oxygen atoms in total. The largest absolute Gasteiger partial charge is 0.456 e. The topological polar surface area (TPSA) is 61.2 Å². The number of aryl methyl sites for hydroxylation is 2. The molecular formula is C18H14ClFN2O3S. The fourth-order valence-electron chi connectivity index (χ4n) is 3.14. The van der Waals surface area contributed by atoms with E-state index in [0.717, 1.165) is 30.0 Å².